The van der Waals surface area contributed by atoms with Crippen LogP contribution in [0.25, 0.3) is 22.3 Å². The van der Waals surface area contributed by atoms with Gasteiger partial charge in [0.05, 0.1) is 39.8 Å². The van der Waals surface area contributed by atoms with Gasteiger partial charge in [0.25, 0.3) is 5.92 Å². The van der Waals surface area contributed by atoms with Gasteiger partial charge in [-0.1, -0.05) is 6.07 Å². The van der Waals surface area contributed by atoms with Crippen molar-refractivity contribution in [3.05, 3.63) is 93.8 Å². The van der Waals surface area contributed by atoms with Gasteiger partial charge >= 0.3 is 5.97 Å². The Labute approximate surface area is 246 Å². The molecule has 4 heterocycles. The molecule has 222 valence electrons. The lowest BCUT2D eigenvalue weighted by atomic mass is 10.0. The van der Waals surface area contributed by atoms with E-state index in [-0.39, 0.29) is 53.1 Å². The lowest BCUT2D eigenvalue weighted by molar-refractivity contribution is -0.0589. The average molecular weight is 613 g/mol. The largest absolute Gasteiger partial charge is 0.478 e. The molecule has 1 aliphatic heterocycles. The molecule has 43 heavy (non-hydrogen) atoms. The number of carboxylic acids is 1. The van der Waals surface area contributed by atoms with Crippen LogP contribution in [-0.4, -0.2) is 42.7 Å². The van der Waals surface area contributed by atoms with Gasteiger partial charge in [0.15, 0.2) is 0 Å². The first-order valence-electron chi connectivity index (χ1n) is 13.3. The minimum absolute atomic E-state index is 0.0446. The van der Waals surface area contributed by atoms with E-state index < -0.39 is 23.5 Å². The number of hydrogen-bond donors (Lipinski definition) is 1. The molecule has 2 aromatic carbocycles. The molecule has 0 saturated carbocycles. The second kappa shape index (κ2) is 11.4. The fraction of sp³-hybridized carbons (Fsp3) is 0.267. The molecule has 0 aliphatic carbocycles. The topological polar surface area (TPSA) is 99.4 Å². The fourth-order valence-corrected chi connectivity index (χ4v) is 5.45. The van der Waals surface area contributed by atoms with E-state index in [1.807, 2.05) is 0 Å². The highest BCUT2D eigenvalue weighted by Gasteiger charge is 2.28. The first-order chi connectivity index (χ1) is 20.5. The molecule has 5 aromatic rings. The lowest BCUT2D eigenvalue weighted by Crippen LogP contribution is -2.31. The van der Waals surface area contributed by atoms with Gasteiger partial charge in [0, 0.05) is 31.6 Å². The van der Waals surface area contributed by atoms with Gasteiger partial charge in [-0.3, -0.25) is 0 Å². The number of hydrogen-bond acceptors (Lipinski definition) is 7. The van der Waals surface area contributed by atoms with Crippen LogP contribution in [0.1, 0.15) is 45.7 Å². The van der Waals surface area contributed by atoms with Crippen LogP contribution in [0.4, 0.5) is 17.6 Å². The number of ether oxygens (including phenoxy) is 2. The van der Waals surface area contributed by atoms with Crippen molar-refractivity contribution in [2.24, 2.45) is 0 Å². The summed E-state index contributed by atoms with van der Waals surface area (Å²) in [5, 5.41) is 9.44. The first kappa shape index (κ1) is 28.7. The van der Waals surface area contributed by atoms with E-state index in [1.165, 1.54) is 30.3 Å². The summed E-state index contributed by atoms with van der Waals surface area (Å²) in [6.07, 6.45) is 0.697. The van der Waals surface area contributed by atoms with Gasteiger partial charge in [-0.2, -0.15) is 13.2 Å². The molecule has 1 fully saturated rings. The third-order valence-electron chi connectivity index (χ3n) is 7.11. The molecule has 1 atom stereocenters. The fourth-order valence-electron chi connectivity index (χ4n) is 4.74. The Balaban J connectivity index is 1.25. The molecule has 1 N–H and O–H groups in total. The van der Waals surface area contributed by atoms with E-state index in [4.69, 9.17) is 9.47 Å². The Hall–Kier alpha value is -4.36. The number of fused-ring (bicyclic) bond motifs is 1. The average Bonchev–Trinajstić information content (AvgIpc) is 3.56. The van der Waals surface area contributed by atoms with Crippen LogP contribution < -0.4 is 4.74 Å². The number of aromatic nitrogens is 4. The second-order valence-corrected chi connectivity index (χ2v) is 11.1. The van der Waals surface area contributed by atoms with Crippen LogP contribution in [0, 0.1) is 11.6 Å². The van der Waals surface area contributed by atoms with Crippen LogP contribution in [0.15, 0.2) is 54.6 Å². The molecular weight excluding hydrogens is 588 g/mol. The number of halogens is 4. The van der Waals surface area contributed by atoms with Crippen LogP contribution in [0.3, 0.4) is 0 Å². The standard InChI is InChI=1S/C30H24F4N4O4S/c1-30(33,34)26-12-19(43-37-26)15-42-28-4-2-3-23(36-28)20-13-21(31)17(9-22(20)32)11-27-35-24-6-5-16(29(39)40)10-25(24)38(27)14-18-7-8-41-18/h2-6,9-10,12-13,18H,7-8,11,14-15H2,1H3,(H,39,40)/t18-/m0/s1. The van der Waals surface area contributed by atoms with Crippen LogP contribution >= 0.6 is 11.5 Å². The number of imidazole rings is 1. The van der Waals surface area contributed by atoms with Crippen molar-refractivity contribution in [2.45, 2.75) is 44.9 Å². The van der Waals surface area contributed by atoms with E-state index in [0.717, 1.165) is 37.0 Å². The molecule has 13 heteroatoms. The number of rotatable bonds is 10. The Kier molecular flexibility index (Phi) is 7.61. The zero-order valence-corrected chi connectivity index (χ0v) is 23.5. The lowest BCUT2D eigenvalue weighted by Gasteiger charge is -2.27. The third-order valence-corrected chi connectivity index (χ3v) is 7.87. The molecule has 3 aromatic heterocycles. The summed E-state index contributed by atoms with van der Waals surface area (Å²) in [5.41, 5.74) is 0.951. The van der Waals surface area contributed by atoms with Crippen LogP contribution in [0.2, 0.25) is 0 Å². The van der Waals surface area contributed by atoms with E-state index in [2.05, 4.69) is 14.3 Å². The molecule has 0 unspecified atom stereocenters. The van der Waals surface area contributed by atoms with Gasteiger partial charge in [0.2, 0.25) is 5.88 Å². The Morgan fingerprint density at radius 1 is 1.14 bits per heavy atom. The van der Waals surface area contributed by atoms with Crippen molar-refractivity contribution in [3.8, 4) is 17.1 Å². The number of carboxylic acid groups (broad SMARTS) is 1. The van der Waals surface area contributed by atoms with E-state index >= 15 is 8.78 Å². The normalized spacial score (nSPS) is 15.0. The monoisotopic (exact) mass is 612 g/mol. The predicted octanol–water partition coefficient (Wildman–Crippen LogP) is 6.60. The van der Waals surface area contributed by atoms with E-state index in [0.29, 0.717) is 34.9 Å². The summed E-state index contributed by atoms with van der Waals surface area (Å²) in [4.78, 5) is 20.9. The quantitative estimate of drug-likeness (QED) is 0.177. The maximum atomic E-state index is 15.4. The number of carbonyl (C=O) groups is 1. The van der Waals surface area contributed by atoms with Crippen molar-refractivity contribution in [3.63, 3.8) is 0 Å². The molecule has 6 rings (SSSR count). The summed E-state index contributed by atoms with van der Waals surface area (Å²) in [5.74, 6) is -4.99. The highest BCUT2D eigenvalue weighted by molar-refractivity contribution is 7.05. The molecule has 1 aliphatic rings. The number of pyridine rings is 1. The van der Waals surface area contributed by atoms with E-state index in [9.17, 15) is 18.7 Å². The van der Waals surface area contributed by atoms with Gasteiger partial charge < -0.3 is 19.1 Å². The van der Waals surface area contributed by atoms with Gasteiger partial charge in [-0.15, -0.1) is 0 Å². The molecule has 0 bridgehead atoms. The number of benzene rings is 2. The highest BCUT2D eigenvalue weighted by atomic mass is 32.1. The Morgan fingerprint density at radius 3 is 2.65 bits per heavy atom. The molecule has 8 nitrogen and oxygen atoms in total. The Morgan fingerprint density at radius 2 is 1.95 bits per heavy atom. The highest BCUT2D eigenvalue weighted by Crippen LogP contribution is 2.30. The zero-order valence-electron chi connectivity index (χ0n) is 22.7. The van der Waals surface area contributed by atoms with Crippen molar-refractivity contribution < 1.29 is 36.9 Å². The van der Waals surface area contributed by atoms with Gasteiger partial charge in [-0.25, -0.2) is 23.5 Å². The first-order valence-corrected chi connectivity index (χ1v) is 14.1. The third kappa shape index (κ3) is 6.09. The second-order valence-electron chi connectivity index (χ2n) is 10.2. The van der Waals surface area contributed by atoms with Crippen molar-refractivity contribution in [1.29, 1.82) is 0 Å². The molecule has 0 amide bonds. The van der Waals surface area contributed by atoms with E-state index in [1.54, 1.807) is 16.7 Å². The molecule has 0 spiro atoms. The van der Waals surface area contributed by atoms with Crippen LogP contribution in [0.5, 0.6) is 5.88 Å². The van der Waals surface area contributed by atoms with Gasteiger partial charge in [0.1, 0.15) is 29.8 Å². The van der Waals surface area contributed by atoms with Crippen LogP contribution in [-0.2, 0) is 30.2 Å². The summed E-state index contributed by atoms with van der Waals surface area (Å²) >= 11 is 0.882. The van der Waals surface area contributed by atoms with Crippen molar-refractivity contribution in [2.75, 3.05) is 6.61 Å². The predicted molar refractivity (Wildman–Crippen MR) is 149 cm³/mol. The number of nitrogens with zero attached hydrogens (tertiary/aromatic N) is 4. The minimum Gasteiger partial charge on any atom is -0.478 e. The van der Waals surface area contributed by atoms with Crippen molar-refractivity contribution >= 4 is 28.5 Å². The maximum absolute atomic E-state index is 15.4. The summed E-state index contributed by atoms with van der Waals surface area (Å²) in [6, 6.07) is 12.5. The zero-order chi connectivity index (χ0) is 30.3. The maximum Gasteiger partial charge on any atom is 0.335 e. The SMILES string of the molecule is CC(F)(F)c1cc(COc2cccc(-c3cc(F)c(Cc4nc5ccc(C(=O)O)cc5n4C[C@@H]4CCO4)cc3F)n2)sn1. The number of alkyl halides is 2. The summed E-state index contributed by atoms with van der Waals surface area (Å²) < 4.78 is 74.5. The molecular formula is C30H24F4N4O4S. The summed E-state index contributed by atoms with van der Waals surface area (Å²) in [6.45, 7) is 1.71. The smallest absolute Gasteiger partial charge is 0.335 e. The number of aromatic carboxylic acids is 1. The Bertz CT molecular complexity index is 1830. The molecule has 1 saturated heterocycles. The minimum atomic E-state index is -3.07. The molecule has 0 radical (unpaired) electrons. The van der Waals surface area contributed by atoms with Crippen molar-refractivity contribution in [1.82, 2.24) is 18.9 Å². The summed E-state index contributed by atoms with van der Waals surface area (Å²) in [7, 11) is 0. The van der Waals surface area contributed by atoms with Gasteiger partial charge in [-0.05, 0) is 66.0 Å².